The number of hydrogen-bond acceptors (Lipinski definition) is 7. The maximum atomic E-state index is 13.7. The largest absolute Gasteiger partial charge is 0.487 e. The minimum Gasteiger partial charge on any atom is -0.487 e. The number of nitrogens with one attached hydrogen (secondary N) is 2. The van der Waals surface area contributed by atoms with Crippen molar-refractivity contribution < 1.29 is 27.9 Å². The Morgan fingerprint density at radius 2 is 2.00 bits per heavy atom. The van der Waals surface area contributed by atoms with Gasteiger partial charge in [0.25, 0.3) is 15.9 Å². The summed E-state index contributed by atoms with van der Waals surface area (Å²) in [5, 5.41) is 12.9. The van der Waals surface area contributed by atoms with E-state index >= 15 is 0 Å². The summed E-state index contributed by atoms with van der Waals surface area (Å²) in [4.78, 5) is 33.7. The van der Waals surface area contributed by atoms with Crippen LogP contribution >= 0.6 is 0 Å². The second-order valence-electron chi connectivity index (χ2n) is 11.0. The molecule has 1 aliphatic heterocycles. The van der Waals surface area contributed by atoms with Crippen LogP contribution in [0.5, 0.6) is 5.75 Å². The Hall–Kier alpha value is -3.32. The zero-order valence-electron chi connectivity index (χ0n) is 23.5. The van der Waals surface area contributed by atoms with Crippen LogP contribution in [0.15, 0.2) is 35.7 Å². The molecule has 4 rings (SSSR count). The molecule has 1 aliphatic carbocycles. The number of likely N-dealkylation sites (N-methyl/N-ethyl adjacent to an activating group) is 1. The molecule has 220 valence electrons. The van der Waals surface area contributed by atoms with E-state index in [4.69, 9.17) is 4.74 Å². The highest BCUT2D eigenvalue weighted by molar-refractivity contribution is 7.92. The highest BCUT2D eigenvalue weighted by Gasteiger charge is 2.34. The van der Waals surface area contributed by atoms with Gasteiger partial charge in [-0.15, -0.1) is 0 Å². The number of carbonyl (C=O) groups excluding carboxylic acids is 2. The van der Waals surface area contributed by atoms with E-state index in [-0.39, 0.29) is 65.6 Å². The first-order valence-electron chi connectivity index (χ1n) is 13.7. The van der Waals surface area contributed by atoms with Crippen molar-refractivity contribution in [3.8, 4) is 5.75 Å². The summed E-state index contributed by atoms with van der Waals surface area (Å²) in [6, 6.07) is 4.03. The Kier molecular flexibility index (Phi) is 9.24. The molecule has 2 heterocycles. The maximum Gasteiger partial charge on any atom is 0.317 e. The Labute approximate surface area is 235 Å². The molecule has 2 aliphatic rings. The zero-order chi connectivity index (χ0) is 29.0. The number of aromatic nitrogens is 2. The van der Waals surface area contributed by atoms with Crippen molar-refractivity contribution in [2.75, 3.05) is 31.5 Å². The molecule has 1 fully saturated rings. The molecular weight excluding hydrogens is 536 g/mol. The fraction of sp³-hybridized carbons (Fsp3) is 0.593. The Morgan fingerprint density at radius 3 is 2.65 bits per heavy atom. The molecule has 1 aromatic carbocycles. The number of aryl methyl sites for hydroxylation is 1. The Bertz CT molecular complexity index is 1310. The molecule has 0 spiro atoms. The third kappa shape index (κ3) is 6.87. The van der Waals surface area contributed by atoms with Crippen LogP contribution in [0.2, 0.25) is 0 Å². The van der Waals surface area contributed by atoms with E-state index in [1.165, 1.54) is 35.6 Å². The standard InChI is InChI=1S/C27H40N6O6S/c1-18-13-33(19(2)16-34)26(35)22-12-21(30-40(37,38)25-15-31(3)17-28-25)10-11-23(22)39-24(18)14-32(4)27(36)29-20-8-6-5-7-9-20/h10-12,15,17-20,24,30,34H,5-9,13-14,16H2,1-4H3,(H,29,36)/t18-,19+,24+/m0/s1. The summed E-state index contributed by atoms with van der Waals surface area (Å²) in [6.45, 7) is 4.02. The normalized spacial score (nSPS) is 21.0. The van der Waals surface area contributed by atoms with Gasteiger partial charge in [-0.3, -0.25) is 9.52 Å². The third-order valence-electron chi connectivity index (χ3n) is 7.61. The summed E-state index contributed by atoms with van der Waals surface area (Å²) in [5.41, 5.74) is 0.333. The first-order valence-corrected chi connectivity index (χ1v) is 15.2. The van der Waals surface area contributed by atoms with Gasteiger partial charge in [0.2, 0.25) is 0 Å². The van der Waals surface area contributed by atoms with Gasteiger partial charge in [0.15, 0.2) is 5.03 Å². The summed E-state index contributed by atoms with van der Waals surface area (Å²) < 4.78 is 36.0. The van der Waals surface area contributed by atoms with E-state index in [1.807, 2.05) is 6.92 Å². The minimum atomic E-state index is -3.98. The van der Waals surface area contributed by atoms with Gasteiger partial charge in [-0.25, -0.2) is 9.78 Å². The molecule has 13 heteroatoms. The predicted octanol–water partition coefficient (Wildman–Crippen LogP) is 2.42. The van der Waals surface area contributed by atoms with Gasteiger partial charge in [0, 0.05) is 44.5 Å². The van der Waals surface area contributed by atoms with Gasteiger partial charge in [0.05, 0.1) is 31.1 Å². The topological polar surface area (TPSA) is 146 Å². The number of benzene rings is 1. The predicted molar refractivity (Wildman–Crippen MR) is 150 cm³/mol. The highest BCUT2D eigenvalue weighted by Crippen LogP contribution is 2.31. The van der Waals surface area contributed by atoms with E-state index in [9.17, 15) is 23.1 Å². The number of fused-ring (bicyclic) bond motifs is 1. The molecule has 1 saturated carbocycles. The van der Waals surface area contributed by atoms with Crippen LogP contribution in [0.1, 0.15) is 56.3 Å². The molecular formula is C27H40N6O6S. The summed E-state index contributed by atoms with van der Waals surface area (Å²) in [7, 11) is -0.593. The van der Waals surface area contributed by atoms with Crippen molar-refractivity contribution in [2.45, 2.75) is 69.2 Å². The third-order valence-corrected chi connectivity index (χ3v) is 8.87. The van der Waals surface area contributed by atoms with Crippen molar-refractivity contribution in [2.24, 2.45) is 13.0 Å². The van der Waals surface area contributed by atoms with E-state index in [2.05, 4.69) is 15.0 Å². The number of imidazole rings is 1. The number of amides is 3. The lowest BCUT2D eigenvalue weighted by Gasteiger charge is -2.38. The van der Waals surface area contributed by atoms with Crippen molar-refractivity contribution in [3.05, 3.63) is 36.3 Å². The molecule has 3 amide bonds. The van der Waals surface area contributed by atoms with Crippen LogP contribution in [0.4, 0.5) is 10.5 Å². The number of nitrogens with zero attached hydrogens (tertiary/aromatic N) is 4. The zero-order valence-corrected chi connectivity index (χ0v) is 24.4. The average molecular weight is 577 g/mol. The summed E-state index contributed by atoms with van der Waals surface area (Å²) >= 11 is 0. The number of sulfonamides is 1. The number of carbonyl (C=O) groups is 2. The molecule has 1 aromatic heterocycles. The van der Waals surface area contributed by atoms with Crippen molar-refractivity contribution in [1.29, 1.82) is 0 Å². The smallest absolute Gasteiger partial charge is 0.317 e. The molecule has 0 saturated heterocycles. The number of urea groups is 1. The van der Waals surface area contributed by atoms with Gasteiger partial charge >= 0.3 is 6.03 Å². The molecule has 12 nitrogen and oxygen atoms in total. The minimum absolute atomic E-state index is 0.150. The second-order valence-corrected chi connectivity index (χ2v) is 12.6. The molecule has 0 bridgehead atoms. The van der Waals surface area contributed by atoms with Crippen LogP contribution in [-0.2, 0) is 17.1 Å². The Morgan fingerprint density at radius 1 is 1.27 bits per heavy atom. The van der Waals surface area contributed by atoms with Crippen LogP contribution in [0, 0.1) is 5.92 Å². The van der Waals surface area contributed by atoms with E-state index < -0.39 is 22.2 Å². The number of ether oxygens (including phenoxy) is 1. The van der Waals surface area contributed by atoms with Gasteiger partial charge in [0.1, 0.15) is 11.9 Å². The van der Waals surface area contributed by atoms with Crippen LogP contribution in [0.25, 0.3) is 0 Å². The van der Waals surface area contributed by atoms with E-state index in [1.54, 1.807) is 36.9 Å². The fourth-order valence-corrected chi connectivity index (χ4v) is 6.16. The molecule has 3 N–H and O–H groups in total. The number of rotatable bonds is 8. The number of hydrogen-bond donors (Lipinski definition) is 3. The first-order chi connectivity index (χ1) is 19.0. The summed E-state index contributed by atoms with van der Waals surface area (Å²) in [5.74, 6) is -0.277. The lowest BCUT2D eigenvalue weighted by molar-refractivity contribution is 0.0366. The second kappa shape index (κ2) is 12.5. The maximum absolute atomic E-state index is 13.7. The molecule has 0 radical (unpaired) electrons. The lowest BCUT2D eigenvalue weighted by atomic mass is 9.96. The molecule has 40 heavy (non-hydrogen) atoms. The van der Waals surface area contributed by atoms with Gasteiger partial charge in [-0.1, -0.05) is 26.2 Å². The van der Waals surface area contributed by atoms with Crippen LogP contribution in [0.3, 0.4) is 0 Å². The SMILES string of the molecule is C[C@H](CO)N1C[C@H](C)[C@@H](CN(C)C(=O)NC2CCCCC2)Oc2ccc(NS(=O)(=O)c3cn(C)cn3)cc2C1=O. The number of aliphatic hydroxyl groups excluding tert-OH is 1. The summed E-state index contributed by atoms with van der Waals surface area (Å²) in [6.07, 6.45) is 7.68. The number of aliphatic hydroxyl groups is 1. The Balaban J connectivity index is 1.59. The molecule has 3 atom stereocenters. The fourth-order valence-electron chi connectivity index (χ4n) is 5.12. The van der Waals surface area contributed by atoms with Gasteiger partial charge in [-0.05, 0) is 38.0 Å². The monoisotopic (exact) mass is 576 g/mol. The van der Waals surface area contributed by atoms with Crippen molar-refractivity contribution in [3.63, 3.8) is 0 Å². The van der Waals surface area contributed by atoms with Crippen molar-refractivity contribution >= 4 is 27.6 Å². The van der Waals surface area contributed by atoms with E-state index in [0.717, 1.165) is 25.7 Å². The van der Waals surface area contributed by atoms with Crippen LogP contribution in [-0.4, -0.2) is 89.7 Å². The van der Waals surface area contributed by atoms with E-state index in [0.29, 0.717) is 0 Å². The molecule has 2 aromatic rings. The molecule has 0 unspecified atom stereocenters. The van der Waals surface area contributed by atoms with Gasteiger partial charge in [-0.2, -0.15) is 8.42 Å². The van der Waals surface area contributed by atoms with Crippen LogP contribution < -0.4 is 14.8 Å². The first kappa shape index (κ1) is 29.7. The van der Waals surface area contributed by atoms with Gasteiger partial charge < -0.3 is 29.5 Å². The lowest BCUT2D eigenvalue weighted by Crippen LogP contribution is -2.52. The van der Waals surface area contributed by atoms with Crippen molar-refractivity contribution in [1.82, 2.24) is 24.7 Å². The average Bonchev–Trinajstić information content (AvgIpc) is 3.38. The number of anilines is 1. The highest BCUT2D eigenvalue weighted by atomic mass is 32.2. The quantitative estimate of drug-likeness (QED) is 0.437.